The molecule has 20 heavy (non-hydrogen) atoms. The van der Waals surface area contributed by atoms with Crippen molar-refractivity contribution in [3.05, 3.63) is 21.4 Å². The summed E-state index contributed by atoms with van der Waals surface area (Å²) in [7, 11) is 0. The Kier molecular flexibility index (Phi) is 6.06. The summed E-state index contributed by atoms with van der Waals surface area (Å²) in [5.41, 5.74) is 1.55. The number of thiophene rings is 1. The Balaban J connectivity index is 1.89. The van der Waals surface area contributed by atoms with Crippen molar-refractivity contribution in [2.24, 2.45) is 11.8 Å². The number of likely N-dealkylation sites (tertiary alicyclic amines) is 1. The Hall–Kier alpha value is -0.380. The van der Waals surface area contributed by atoms with E-state index in [2.05, 4.69) is 44.0 Å². The monoisotopic (exact) mass is 294 g/mol. The Bertz CT molecular complexity index is 413. The van der Waals surface area contributed by atoms with E-state index in [1.807, 2.05) is 11.3 Å². The topological polar surface area (TPSA) is 15.3 Å². The highest BCUT2D eigenvalue weighted by molar-refractivity contribution is 7.12. The second-order valence-electron chi connectivity index (χ2n) is 6.45. The molecule has 0 spiro atoms. The van der Waals surface area contributed by atoms with E-state index in [4.69, 9.17) is 0 Å². The first kappa shape index (κ1) is 16.0. The van der Waals surface area contributed by atoms with Gasteiger partial charge in [0.15, 0.2) is 0 Å². The quantitative estimate of drug-likeness (QED) is 0.797. The maximum absolute atomic E-state index is 3.51. The highest BCUT2D eigenvalue weighted by Gasteiger charge is 2.23. The molecule has 0 bridgehead atoms. The number of hydrogen-bond acceptors (Lipinski definition) is 3. The largest absolute Gasteiger partial charge is 0.312 e. The number of piperidine rings is 1. The second kappa shape index (κ2) is 7.58. The van der Waals surface area contributed by atoms with Gasteiger partial charge in [-0.15, -0.1) is 11.3 Å². The molecule has 0 aliphatic carbocycles. The third-order valence-corrected chi connectivity index (χ3v) is 5.70. The third-order valence-electron chi connectivity index (χ3n) is 4.61. The van der Waals surface area contributed by atoms with E-state index in [1.165, 1.54) is 35.7 Å². The van der Waals surface area contributed by atoms with Crippen LogP contribution in [0.2, 0.25) is 0 Å². The van der Waals surface area contributed by atoms with E-state index in [1.54, 1.807) is 5.56 Å². The average molecular weight is 295 g/mol. The van der Waals surface area contributed by atoms with Crippen molar-refractivity contribution in [2.45, 2.75) is 53.6 Å². The van der Waals surface area contributed by atoms with Gasteiger partial charge in [-0.2, -0.15) is 0 Å². The van der Waals surface area contributed by atoms with Crippen LogP contribution in [0.25, 0.3) is 0 Å². The first-order chi connectivity index (χ1) is 9.60. The lowest BCUT2D eigenvalue weighted by Crippen LogP contribution is -2.37. The van der Waals surface area contributed by atoms with E-state index in [0.29, 0.717) is 0 Å². The summed E-state index contributed by atoms with van der Waals surface area (Å²) in [6.45, 7) is 15.1. The van der Waals surface area contributed by atoms with Crippen LogP contribution in [0.4, 0.5) is 0 Å². The summed E-state index contributed by atoms with van der Waals surface area (Å²) in [5, 5.41) is 3.51. The minimum Gasteiger partial charge on any atom is -0.312 e. The van der Waals surface area contributed by atoms with Gasteiger partial charge in [-0.05, 0) is 56.3 Å². The minimum absolute atomic E-state index is 0.841. The molecule has 1 saturated heterocycles. The van der Waals surface area contributed by atoms with Crippen LogP contribution in [0.1, 0.15) is 48.9 Å². The third kappa shape index (κ3) is 4.31. The molecule has 2 atom stereocenters. The van der Waals surface area contributed by atoms with Gasteiger partial charge < -0.3 is 5.32 Å². The predicted molar refractivity (Wildman–Crippen MR) is 89.3 cm³/mol. The van der Waals surface area contributed by atoms with Gasteiger partial charge >= 0.3 is 0 Å². The van der Waals surface area contributed by atoms with Crippen molar-refractivity contribution >= 4 is 11.3 Å². The predicted octanol–water partition coefficient (Wildman–Crippen LogP) is 4.03. The van der Waals surface area contributed by atoms with Gasteiger partial charge in [-0.1, -0.05) is 20.8 Å². The summed E-state index contributed by atoms with van der Waals surface area (Å²) in [6, 6.07) is 2.42. The number of rotatable bonds is 6. The van der Waals surface area contributed by atoms with Gasteiger partial charge in [0.05, 0.1) is 0 Å². The van der Waals surface area contributed by atoms with Crippen LogP contribution in [-0.4, -0.2) is 24.5 Å². The van der Waals surface area contributed by atoms with Crippen LogP contribution in [0.5, 0.6) is 0 Å². The number of aryl methyl sites for hydroxylation is 1. The average Bonchev–Trinajstić information content (AvgIpc) is 2.75. The summed E-state index contributed by atoms with van der Waals surface area (Å²) < 4.78 is 0. The van der Waals surface area contributed by atoms with Gasteiger partial charge in [-0.3, -0.25) is 4.90 Å². The first-order valence-corrected chi connectivity index (χ1v) is 8.93. The van der Waals surface area contributed by atoms with E-state index in [0.717, 1.165) is 31.5 Å². The van der Waals surface area contributed by atoms with Crippen LogP contribution < -0.4 is 5.32 Å². The Labute approximate surface area is 128 Å². The molecule has 2 nitrogen and oxygen atoms in total. The molecule has 2 rings (SSSR count). The molecule has 2 unspecified atom stereocenters. The van der Waals surface area contributed by atoms with Gasteiger partial charge in [0.2, 0.25) is 0 Å². The molecule has 1 N–H and O–H groups in total. The molecule has 1 aliphatic heterocycles. The molecule has 1 aliphatic rings. The zero-order valence-corrected chi connectivity index (χ0v) is 14.4. The van der Waals surface area contributed by atoms with Gasteiger partial charge in [0, 0.05) is 29.4 Å². The lowest BCUT2D eigenvalue weighted by atomic mass is 9.88. The molecule has 0 saturated carbocycles. The maximum atomic E-state index is 3.51. The molecule has 1 fully saturated rings. The van der Waals surface area contributed by atoms with Crippen molar-refractivity contribution in [3.63, 3.8) is 0 Å². The van der Waals surface area contributed by atoms with E-state index < -0.39 is 0 Å². The molecule has 114 valence electrons. The lowest BCUT2D eigenvalue weighted by Gasteiger charge is -2.35. The van der Waals surface area contributed by atoms with Crippen molar-refractivity contribution < 1.29 is 0 Å². The summed E-state index contributed by atoms with van der Waals surface area (Å²) in [5.74, 6) is 1.73. The second-order valence-corrected chi connectivity index (χ2v) is 7.79. The van der Waals surface area contributed by atoms with Crippen molar-refractivity contribution in [1.82, 2.24) is 10.2 Å². The molecule has 1 aromatic rings. The number of nitrogens with zero attached hydrogens (tertiary/aromatic N) is 1. The maximum Gasteiger partial charge on any atom is 0.0299 e. The molecule has 3 heteroatoms. The van der Waals surface area contributed by atoms with Gasteiger partial charge in [-0.25, -0.2) is 0 Å². The molecule has 1 aromatic heterocycles. The van der Waals surface area contributed by atoms with Crippen molar-refractivity contribution in [3.8, 4) is 0 Å². The van der Waals surface area contributed by atoms with E-state index in [9.17, 15) is 0 Å². The number of nitrogens with one attached hydrogen (secondary N) is 1. The van der Waals surface area contributed by atoms with Crippen LogP contribution in [0.15, 0.2) is 6.07 Å². The van der Waals surface area contributed by atoms with Gasteiger partial charge in [0.1, 0.15) is 0 Å². The summed E-state index contributed by atoms with van der Waals surface area (Å²) in [6.07, 6.45) is 2.57. The summed E-state index contributed by atoms with van der Waals surface area (Å²) >= 11 is 1.97. The first-order valence-electron chi connectivity index (χ1n) is 8.11. The molecular formula is C17H30N2S. The normalized spacial score (nSPS) is 24.2. The minimum atomic E-state index is 0.841. The fraction of sp³-hybridized carbons (Fsp3) is 0.765. The Morgan fingerprint density at radius 1 is 1.35 bits per heavy atom. The fourth-order valence-electron chi connectivity index (χ4n) is 2.95. The Morgan fingerprint density at radius 3 is 2.85 bits per heavy atom. The SMILES string of the molecule is CCCNCc1cc(CN2CCC(C)C(C)C2)c(C)s1. The summed E-state index contributed by atoms with van der Waals surface area (Å²) in [4.78, 5) is 5.64. The lowest BCUT2D eigenvalue weighted by molar-refractivity contribution is 0.132. The smallest absolute Gasteiger partial charge is 0.0299 e. The standard InChI is InChI=1S/C17H30N2S/c1-5-7-18-10-17-9-16(15(4)20-17)12-19-8-6-13(2)14(3)11-19/h9,13-14,18H,5-8,10-12H2,1-4H3. The fourth-order valence-corrected chi connectivity index (χ4v) is 3.98. The Morgan fingerprint density at radius 2 is 2.15 bits per heavy atom. The van der Waals surface area contributed by atoms with Crippen molar-refractivity contribution in [1.29, 1.82) is 0 Å². The highest BCUT2D eigenvalue weighted by atomic mass is 32.1. The van der Waals surface area contributed by atoms with Crippen LogP contribution in [0.3, 0.4) is 0 Å². The van der Waals surface area contributed by atoms with Gasteiger partial charge in [0.25, 0.3) is 0 Å². The van der Waals surface area contributed by atoms with Crippen LogP contribution in [-0.2, 0) is 13.1 Å². The van der Waals surface area contributed by atoms with Crippen molar-refractivity contribution in [2.75, 3.05) is 19.6 Å². The van der Waals surface area contributed by atoms with E-state index in [-0.39, 0.29) is 0 Å². The zero-order valence-electron chi connectivity index (χ0n) is 13.5. The molecule has 0 aromatic carbocycles. The van der Waals surface area contributed by atoms with E-state index >= 15 is 0 Å². The molecule has 2 heterocycles. The molecular weight excluding hydrogens is 264 g/mol. The zero-order chi connectivity index (χ0) is 14.5. The van der Waals surface area contributed by atoms with Crippen LogP contribution >= 0.6 is 11.3 Å². The van der Waals surface area contributed by atoms with Crippen LogP contribution in [0, 0.1) is 18.8 Å². The molecule has 0 amide bonds. The molecule has 0 radical (unpaired) electrons. The number of hydrogen-bond donors (Lipinski definition) is 1. The highest BCUT2D eigenvalue weighted by Crippen LogP contribution is 2.27.